The molecule has 0 saturated carbocycles. The summed E-state index contributed by atoms with van der Waals surface area (Å²) in [6.07, 6.45) is 3.11. The van der Waals surface area contributed by atoms with Gasteiger partial charge in [0.1, 0.15) is 6.54 Å². The van der Waals surface area contributed by atoms with Crippen molar-refractivity contribution in [3.8, 4) is 0 Å². The van der Waals surface area contributed by atoms with Gasteiger partial charge in [-0.2, -0.15) is 0 Å². The van der Waals surface area contributed by atoms with Crippen LogP contribution < -0.4 is 16.6 Å². The predicted octanol–water partition coefficient (Wildman–Crippen LogP) is 0.571. The second-order valence-corrected chi connectivity index (χ2v) is 6.74. The molecule has 2 aromatic heterocycles. The molecule has 0 aliphatic heterocycles. The summed E-state index contributed by atoms with van der Waals surface area (Å²) in [7, 11) is 2.96. The molecule has 0 radical (unpaired) electrons. The highest BCUT2D eigenvalue weighted by Crippen LogP contribution is 2.07. The molecule has 0 aliphatic carbocycles. The molecule has 3 aromatic rings. The predicted molar refractivity (Wildman–Crippen MR) is 103 cm³/mol. The first-order valence-corrected chi connectivity index (χ1v) is 8.82. The van der Waals surface area contributed by atoms with Crippen molar-refractivity contribution in [1.29, 1.82) is 0 Å². The maximum absolute atomic E-state index is 12.4. The minimum atomic E-state index is -0.462. The van der Waals surface area contributed by atoms with E-state index in [0.717, 1.165) is 17.4 Å². The summed E-state index contributed by atoms with van der Waals surface area (Å²) in [5.74, 6) is -0.203. The van der Waals surface area contributed by atoms with E-state index < -0.39 is 11.2 Å². The molecule has 3 rings (SSSR count). The number of aryl methyl sites for hydroxylation is 2. The number of benzene rings is 1. The number of aromatic nitrogens is 4. The minimum Gasteiger partial charge on any atom is -0.352 e. The summed E-state index contributed by atoms with van der Waals surface area (Å²) < 4.78 is 3.80. The number of carbonyl (C=O) groups is 1. The van der Waals surface area contributed by atoms with Crippen LogP contribution in [-0.2, 0) is 31.9 Å². The Kier molecular flexibility index (Phi) is 5.25. The third-order valence-corrected chi connectivity index (χ3v) is 4.65. The van der Waals surface area contributed by atoms with Crippen LogP contribution in [0.15, 0.2) is 46.2 Å². The van der Waals surface area contributed by atoms with Gasteiger partial charge in [0.2, 0.25) is 5.91 Å². The molecule has 8 nitrogen and oxygen atoms in total. The largest absolute Gasteiger partial charge is 0.352 e. The van der Waals surface area contributed by atoms with E-state index in [0.29, 0.717) is 0 Å². The fourth-order valence-electron chi connectivity index (χ4n) is 3.09. The van der Waals surface area contributed by atoms with Crippen molar-refractivity contribution < 1.29 is 4.79 Å². The number of carbonyl (C=O) groups excluding carboxylic acids is 1. The Balaban J connectivity index is 1.69. The molecule has 1 amide bonds. The average Bonchev–Trinajstić information content (AvgIpc) is 3.07. The normalized spacial score (nSPS) is 12.3. The highest BCUT2D eigenvalue weighted by Gasteiger charge is 2.16. The van der Waals surface area contributed by atoms with Gasteiger partial charge in [-0.1, -0.05) is 30.3 Å². The van der Waals surface area contributed by atoms with E-state index >= 15 is 0 Å². The van der Waals surface area contributed by atoms with E-state index in [4.69, 9.17) is 0 Å². The van der Waals surface area contributed by atoms with Crippen LogP contribution in [0.4, 0.5) is 0 Å². The quantitative estimate of drug-likeness (QED) is 0.688. The third-order valence-electron chi connectivity index (χ3n) is 4.65. The molecule has 0 bridgehead atoms. The Hall–Kier alpha value is -3.16. The van der Waals surface area contributed by atoms with Crippen molar-refractivity contribution in [2.24, 2.45) is 14.1 Å². The molecule has 0 spiro atoms. The van der Waals surface area contributed by atoms with Crippen LogP contribution in [0.1, 0.15) is 18.9 Å². The molecule has 0 fully saturated rings. The summed E-state index contributed by atoms with van der Waals surface area (Å²) in [4.78, 5) is 40.9. The lowest BCUT2D eigenvalue weighted by Crippen LogP contribution is -2.39. The molecule has 27 heavy (non-hydrogen) atoms. The second-order valence-electron chi connectivity index (χ2n) is 6.74. The molecule has 0 unspecified atom stereocenters. The molecule has 142 valence electrons. The zero-order valence-corrected chi connectivity index (χ0v) is 15.7. The molecule has 0 aliphatic rings. The van der Waals surface area contributed by atoms with Gasteiger partial charge in [0.15, 0.2) is 11.2 Å². The number of nitrogens with one attached hydrogen (secondary N) is 1. The lowest BCUT2D eigenvalue weighted by molar-refractivity contribution is -0.122. The van der Waals surface area contributed by atoms with E-state index in [1.165, 1.54) is 28.1 Å². The maximum atomic E-state index is 12.4. The minimum absolute atomic E-state index is 0.000296. The van der Waals surface area contributed by atoms with Gasteiger partial charge in [-0.15, -0.1) is 0 Å². The molecule has 2 heterocycles. The molecule has 1 N–H and O–H groups in total. The van der Waals surface area contributed by atoms with Gasteiger partial charge in [-0.25, -0.2) is 9.78 Å². The van der Waals surface area contributed by atoms with Gasteiger partial charge in [0, 0.05) is 20.1 Å². The summed E-state index contributed by atoms with van der Waals surface area (Å²) in [5, 5.41) is 2.95. The number of imidazole rings is 1. The maximum Gasteiger partial charge on any atom is 0.332 e. The van der Waals surface area contributed by atoms with E-state index in [1.807, 2.05) is 25.1 Å². The van der Waals surface area contributed by atoms with Gasteiger partial charge in [-0.05, 0) is 25.3 Å². The van der Waals surface area contributed by atoms with Crippen LogP contribution in [0.5, 0.6) is 0 Å². The van der Waals surface area contributed by atoms with Crippen molar-refractivity contribution in [2.75, 3.05) is 0 Å². The van der Waals surface area contributed by atoms with Gasteiger partial charge in [0.25, 0.3) is 5.56 Å². The van der Waals surface area contributed by atoms with Crippen molar-refractivity contribution in [1.82, 2.24) is 24.0 Å². The van der Waals surface area contributed by atoms with Gasteiger partial charge < -0.3 is 9.88 Å². The highest BCUT2D eigenvalue weighted by molar-refractivity contribution is 5.79. The van der Waals surface area contributed by atoms with Crippen LogP contribution in [0, 0.1) is 0 Å². The molecule has 1 atom stereocenters. The second kappa shape index (κ2) is 7.61. The lowest BCUT2D eigenvalue weighted by atomic mass is 10.1. The summed E-state index contributed by atoms with van der Waals surface area (Å²) in [5.41, 5.74) is 0.829. The first-order chi connectivity index (χ1) is 12.9. The number of hydrogen-bond acceptors (Lipinski definition) is 4. The average molecular weight is 369 g/mol. The zero-order chi connectivity index (χ0) is 19.6. The molecule has 0 saturated heterocycles. The number of nitrogens with zero attached hydrogens (tertiary/aromatic N) is 4. The lowest BCUT2D eigenvalue weighted by Gasteiger charge is -2.14. The van der Waals surface area contributed by atoms with Crippen molar-refractivity contribution in [3.05, 3.63) is 63.1 Å². The summed E-state index contributed by atoms with van der Waals surface area (Å²) >= 11 is 0. The van der Waals surface area contributed by atoms with Crippen LogP contribution in [0.3, 0.4) is 0 Å². The van der Waals surface area contributed by atoms with E-state index in [-0.39, 0.29) is 29.7 Å². The standard InChI is InChI=1S/C19H23N5O3/c1-13(9-10-14-7-5-4-6-8-14)21-15(25)11-24-12-20-17-16(24)18(26)23(3)19(27)22(17)2/h4-8,12-13H,9-11H2,1-3H3,(H,21,25)/t13-/m1/s1. The fraction of sp³-hybridized carbons (Fsp3) is 0.368. The molecular weight excluding hydrogens is 346 g/mol. The highest BCUT2D eigenvalue weighted by atomic mass is 16.2. The monoisotopic (exact) mass is 369 g/mol. The van der Waals surface area contributed by atoms with Crippen LogP contribution >= 0.6 is 0 Å². The summed E-state index contributed by atoms with van der Waals surface area (Å²) in [6.45, 7) is 1.93. The first-order valence-electron chi connectivity index (χ1n) is 8.82. The van der Waals surface area contributed by atoms with Crippen molar-refractivity contribution >= 4 is 17.1 Å². The molecular formula is C19H23N5O3. The van der Waals surface area contributed by atoms with Crippen molar-refractivity contribution in [3.63, 3.8) is 0 Å². The fourth-order valence-corrected chi connectivity index (χ4v) is 3.09. The van der Waals surface area contributed by atoms with Gasteiger partial charge in [-0.3, -0.25) is 18.7 Å². The molecule has 1 aromatic carbocycles. The first kappa shape index (κ1) is 18.6. The smallest absolute Gasteiger partial charge is 0.332 e. The van der Waals surface area contributed by atoms with Crippen LogP contribution in [0.2, 0.25) is 0 Å². The number of rotatable bonds is 6. The SMILES string of the molecule is C[C@H](CCc1ccccc1)NC(=O)Cn1cnc2c1c(=O)n(C)c(=O)n2C. The summed E-state index contributed by atoms with van der Waals surface area (Å²) in [6, 6.07) is 10.1. The Morgan fingerprint density at radius 2 is 1.85 bits per heavy atom. The number of amides is 1. The van der Waals surface area contributed by atoms with E-state index in [1.54, 1.807) is 7.05 Å². The zero-order valence-electron chi connectivity index (χ0n) is 15.7. The van der Waals surface area contributed by atoms with Crippen molar-refractivity contribution in [2.45, 2.75) is 32.4 Å². The van der Waals surface area contributed by atoms with Crippen LogP contribution in [0.25, 0.3) is 11.2 Å². The Bertz CT molecular complexity index is 1080. The Morgan fingerprint density at radius 3 is 2.56 bits per heavy atom. The number of hydrogen-bond donors (Lipinski definition) is 1. The third kappa shape index (κ3) is 3.84. The Morgan fingerprint density at radius 1 is 1.15 bits per heavy atom. The van der Waals surface area contributed by atoms with E-state index in [9.17, 15) is 14.4 Å². The van der Waals surface area contributed by atoms with E-state index in [2.05, 4.69) is 22.4 Å². The molecule has 8 heteroatoms. The number of fused-ring (bicyclic) bond motifs is 1. The van der Waals surface area contributed by atoms with Crippen LogP contribution in [-0.4, -0.2) is 30.6 Å². The Labute approximate surface area is 156 Å². The topological polar surface area (TPSA) is 90.9 Å². The van der Waals surface area contributed by atoms with Gasteiger partial charge >= 0.3 is 5.69 Å². The van der Waals surface area contributed by atoms with Gasteiger partial charge in [0.05, 0.1) is 6.33 Å².